The van der Waals surface area contributed by atoms with E-state index in [1.807, 2.05) is 24.3 Å². The number of nitrogens with zero attached hydrogens (tertiary/aromatic N) is 1. The molecule has 4 heteroatoms. The van der Waals surface area contributed by atoms with Crippen molar-refractivity contribution < 1.29 is 9.53 Å². The molecule has 1 aromatic carbocycles. The highest BCUT2D eigenvalue weighted by Gasteiger charge is 2.51. The first-order chi connectivity index (χ1) is 8.75. The van der Waals surface area contributed by atoms with Gasteiger partial charge in [0.2, 0.25) is 5.91 Å². The van der Waals surface area contributed by atoms with Gasteiger partial charge in [-0.3, -0.25) is 4.79 Å². The van der Waals surface area contributed by atoms with Crippen molar-refractivity contribution in [3.63, 3.8) is 0 Å². The first-order valence-electron chi connectivity index (χ1n) is 6.19. The van der Waals surface area contributed by atoms with Gasteiger partial charge in [-0.25, -0.2) is 0 Å². The van der Waals surface area contributed by atoms with Crippen LogP contribution in [-0.4, -0.2) is 12.5 Å². The van der Waals surface area contributed by atoms with E-state index in [9.17, 15) is 4.79 Å². The number of rotatable bonds is 2. The largest absolute Gasteiger partial charge is 0.493 e. The Morgan fingerprint density at radius 1 is 1.44 bits per heavy atom. The minimum Gasteiger partial charge on any atom is -0.493 e. The van der Waals surface area contributed by atoms with Crippen LogP contribution in [0, 0.1) is 16.7 Å². The molecular formula is C14H14N2O2. The molecule has 1 saturated carbocycles. The monoisotopic (exact) mass is 242 g/mol. The topological polar surface area (TPSA) is 62.1 Å². The van der Waals surface area contributed by atoms with Crippen LogP contribution in [0.15, 0.2) is 24.3 Å². The second-order valence-corrected chi connectivity index (χ2v) is 4.89. The van der Waals surface area contributed by atoms with E-state index in [0.29, 0.717) is 19.4 Å². The Labute approximate surface area is 106 Å². The number of nitrogens with one attached hydrogen (secondary N) is 1. The van der Waals surface area contributed by atoms with Crippen LogP contribution in [0.1, 0.15) is 30.9 Å². The molecule has 1 N–H and O–H groups in total. The smallest absolute Gasteiger partial charge is 0.240 e. The summed E-state index contributed by atoms with van der Waals surface area (Å²) in [5, 5.41) is 12.0. The van der Waals surface area contributed by atoms with Crippen LogP contribution in [0.2, 0.25) is 0 Å². The third-order valence-electron chi connectivity index (χ3n) is 3.66. The van der Waals surface area contributed by atoms with Gasteiger partial charge in [0.25, 0.3) is 0 Å². The molecule has 1 unspecified atom stereocenters. The number of fused-ring (bicyclic) bond motifs is 1. The van der Waals surface area contributed by atoms with E-state index in [1.165, 1.54) is 0 Å². The molecule has 1 fully saturated rings. The number of amides is 1. The van der Waals surface area contributed by atoms with E-state index in [-0.39, 0.29) is 11.9 Å². The summed E-state index contributed by atoms with van der Waals surface area (Å²) in [6.45, 7) is 0.599. The molecule has 1 amide bonds. The van der Waals surface area contributed by atoms with Crippen molar-refractivity contribution in [1.29, 1.82) is 5.26 Å². The predicted octanol–water partition coefficient (Wildman–Crippen LogP) is 1.93. The first kappa shape index (κ1) is 11.1. The van der Waals surface area contributed by atoms with Crippen LogP contribution in [-0.2, 0) is 4.79 Å². The molecule has 0 radical (unpaired) electrons. The SMILES string of the molecule is N#CC1(C(=O)NC2CCOc3ccccc32)CC1. The summed E-state index contributed by atoms with van der Waals surface area (Å²) in [7, 11) is 0. The summed E-state index contributed by atoms with van der Waals surface area (Å²) in [6.07, 6.45) is 2.12. The van der Waals surface area contributed by atoms with Crippen molar-refractivity contribution in [3.05, 3.63) is 29.8 Å². The molecule has 92 valence electrons. The van der Waals surface area contributed by atoms with Crippen molar-refractivity contribution >= 4 is 5.91 Å². The molecule has 2 aliphatic rings. The number of nitriles is 1. The highest BCUT2D eigenvalue weighted by molar-refractivity contribution is 5.88. The number of benzene rings is 1. The molecule has 0 bridgehead atoms. The van der Waals surface area contributed by atoms with Crippen LogP contribution in [0.5, 0.6) is 5.75 Å². The Bertz CT molecular complexity index is 529. The van der Waals surface area contributed by atoms with E-state index in [0.717, 1.165) is 17.7 Å². The Balaban J connectivity index is 1.79. The molecule has 1 aliphatic heterocycles. The second kappa shape index (κ2) is 4.02. The average molecular weight is 242 g/mol. The normalized spacial score (nSPS) is 23.2. The highest BCUT2D eigenvalue weighted by Crippen LogP contribution is 2.46. The van der Waals surface area contributed by atoms with Gasteiger partial charge >= 0.3 is 0 Å². The lowest BCUT2D eigenvalue weighted by molar-refractivity contribution is -0.125. The lowest BCUT2D eigenvalue weighted by Crippen LogP contribution is -2.36. The summed E-state index contributed by atoms with van der Waals surface area (Å²) in [6, 6.07) is 9.81. The fourth-order valence-corrected chi connectivity index (χ4v) is 2.30. The van der Waals surface area contributed by atoms with Gasteiger partial charge in [-0.05, 0) is 18.9 Å². The maximum Gasteiger partial charge on any atom is 0.240 e. The van der Waals surface area contributed by atoms with Crippen molar-refractivity contribution in [2.45, 2.75) is 25.3 Å². The molecule has 0 saturated heterocycles. The van der Waals surface area contributed by atoms with Gasteiger partial charge in [0.15, 0.2) is 0 Å². The summed E-state index contributed by atoms with van der Waals surface area (Å²) in [4.78, 5) is 12.1. The fraction of sp³-hybridized carbons (Fsp3) is 0.429. The third kappa shape index (κ3) is 1.72. The zero-order chi connectivity index (χ0) is 12.6. The Kier molecular flexibility index (Phi) is 2.48. The molecule has 18 heavy (non-hydrogen) atoms. The van der Waals surface area contributed by atoms with E-state index in [4.69, 9.17) is 10.00 Å². The van der Waals surface area contributed by atoms with Crippen molar-refractivity contribution in [3.8, 4) is 11.8 Å². The molecule has 0 aromatic heterocycles. The van der Waals surface area contributed by atoms with Crippen LogP contribution >= 0.6 is 0 Å². The van der Waals surface area contributed by atoms with Crippen LogP contribution in [0.4, 0.5) is 0 Å². The van der Waals surface area contributed by atoms with Crippen LogP contribution < -0.4 is 10.1 Å². The minimum atomic E-state index is -0.757. The van der Waals surface area contributed by atoms with Gasteiger partial charge in [-0.2, -0.15) is 5.26 Å². The highest BCUT2D eigenvalue weighted by atomic mass is 16.5. The molecule has 1 aromatic rings. The van der Waals surface area contributed by atoms with E-state index < -0.39 is 5.41 Å². The van der Waals surface area contributed by atoms with Gasteiger partial charge in [-0.15, -0.1) is 0 Å². The standard InChI is InChI=1S/C14H14N2O2/c15-9-14(6-7-14)13(17)16-11-5-8-18-12-4-2-1-3-10(11)12/h1-4,11H,5-8H2,(H,16,17). The summed E-state index contributed by atoms with van der Waals surface area (Å²) in [5.74, 6) is 0.697. The van der Waals surface area contributed by atoms with Gasteiger partial charge in [0, 0.05) is 12.0 Å². The lowest BCUT2D eigenvalue weighted by Gasteiger charge is -2.27. The lowest BCUT2D eigenvalue weighted by atomic mass is 9.99. The average Bonchev–Trinajstić information content (AvgIpc) is 3.20. The number of ether oxygens (including phenoxy) is 1. The van der Waals surface area contributed by atoms with E-state index in [2.05, 4.69) is 11.4 Å². The Morgan fingerprint density at radius 3 is 2.94 bits per heavy atom. The molecular weight excluding hydrogens is 228 g/mol. The zero-order valence-corrected chi connectivity index (χ0v) is 9.98. The van der Waals surface area contributed by atoms with Gasteiger partial charge in [0.05, 0.1) is 18.7 Å². The number of para-hydroxylation sites is 1. The zero-order valence-electron chi connectivity index (χ0n) is 9.98. The quantitative estimate of drug-likeness (QED) is 0.862. The van der Waals surface area contributed by atoms with Crippen LogP contribution in [0.25, 0.3) is 0 Å². The summed E-state index contributed by atoms with van der Waals surface area (Å²) >= 11 is 0. The maximum atomic E-state index is 12.1. The molecule has 1 aliphatic carbocycles. The van der Waals surface area contributed by atoms with Gasteiger partial charge in [-0.1, -0.05) is 18.2 Å². The summed E-state index contributed by atoms with van der Waals surface area (Å²) < 4.78 is 5.55. The van der Waals surface area contributed by atoms with E-state index in [1.54, 1.807) is 0 Å². The summed E-state index contributed by atoms with van der Waals surface area (Å²) in [5.41, 5.74) is 0.249. The van der Waals surface area contributed by atoms with Gasteiger partial charge < -0.3 is 10.1 Å². The maximum absolute atomic E-state index is 12.1. The number of hydrogen-bond acceptors (Lipinski definition) is 3. The predicted molar refractivity (Wildman–Crippen MR) is 64.7 cm³/mol. The van der Waals surface area contributed by atoms with E-state index >= 15 is 0 Å². The van der Waals surface area contributed by atoms with Crippen molar-refractivity contribution in [1.82, 2.24) is 5.32 Å². The molecule has 4 nitrogen and oxygen atoms in total. The second-order valence-electron chi connectivity index (χ2n) is 4.89. The van der Waals surface area contributed by atoms with Crippen molar-refractivity contribution in [2.75, 3.05) is 6.61 Å². The van der Waals surface area contributed by atoms with Crippen molar-refractivity contribution in [2.24, 2.45) is 5.41 Å². The fourth-order valence-electron chi connectivity index (χ4n) is 2.30. The third-order valence-corrected chi connectivity index (χ3v) is 3.66. The van der Waals surface area contributed by atoms with Gasteiger partial charge in [0.1, 0.15) is 11.2 Å². The Hall–Kier alpha value is -2.02. The molecule has 3 rings (SSSR count). The number of carbonyl (C=O) groups excluding carboxylic acids is 1. The number of hydrogen-bond donors (Lipinski definition) is 1. The molecule has 1 heterocycles. The Morgan fingerprint density at radius 2 is 2.22 bits per heavy atom. The molecule has 1 atom stereocenters. The minimum absolute atomic E-state index is 0.0340. The molecule has 0 spiro atoms. The first-order valence-corrected chi connectivity index (χ1v) is 6.19. The number of carbonyl (C=O) groups is 1. The van der Waals surface area contributed by atoms with Crippen LogP contribution in [0.3, 0.4) is 0 Å².